The van der Waals surface area contributed by atoms with E-state index in [1.54, 1.807) is 36.4 Å². The molecule has 1 aromatic carbocycles. The molecule has 2 heteroatoms. The Bertz CT molecular complexity index is 358. The quantitative estimate of drug-likeness (QED) is 0.630. The van der Waals surface area contributed by atoms with Crippen molar-refractivity contribution < 1.29 is 4.39 Å². The molecule has 0 saturated heterocycles. The Labute approximate surface area is 76.8 Å². The zero-order valence-corrected chi connectivity index (χ0v) is 7.00. The van der Waals surface area contributed by atoms with Gasteiger partial charge in [-0.2, -0.15) is 5.26 Å². The smallest absolute Gasteiger partial charge is 0.221 e. The van der Waals surface area contributed by atoms with Gasteiger partial charge < -0.3 is 0 Å². The molecule has 1 nitrogen and oxygen atoms in total. The lowest BCUT2D eigenvalue weighted by Crippen LogP contribution is -2.16. The summed E-state index contributed by atoms with van der Waals surface area (Å²) in [5.41, 5.74) is -1.73. The molecule has 0 aliphatic carbocycles. The molecule has 0 saturated carbocycles. The molecule has 1 atom stereocenters. The maximum absolute atomic E-state index is 13.7. The Morgan fingerprint density at radius 1 is 1.38 bits per heavy atom. The molecule has 13 heavy (non-hydrogen) atoms. The number of nitrogens with zero attached hydrogens (tertiary/aromatic N) is 1. The number of nitriles is 1. The average Bonchev–Trinajstić information content (AvgIpc) is 2.19. The van der Waals surface area contributed by atoms with Crippen molar-refractivity contribution in [3.63, 3.8) is 0 Å². The lowest BCUT2D eigenvalue weighted by atomic mass is 9.94. The number of rotatable bonds is 2. The maximum Gasteiger partial charge on any atom is 0.231 e. The second-order valence-electron chi connectivity index (χ2n) is 2.66. The summed E-state index contributed by atoms with van der Waals surface area (Å²) in [6, 6.07) is 9.82. The Morgan fingerprint density at radius 2 is 2.00 bits per heavy atom. The highest BCUT2D eigenvalue weighted by atomic mass is 19.1. The number of alkyl halides is 1. The summed E-state index contributed by atoms with van der Waals surface area (Å²) in [6.07, 6.45) is 4.77. The number of hydrogen-bond acceptors (Lipinski definition) is 1. The van der Waals surface area contributed by atoms with Crippen molar-refractivity contribution in [2.75, 3.05) is 0 Å². The molecule has 0 radical (unpaired) electrons. The van der Waals surface area contributed by atoms with Gasteiger partial charge in [-0.15, -0.1) is 12.3 Å². The van der Waals surface area contributed by atoms with Crippen LogP contribution in [0.4, 0.5) is 4.39 Å². The van der Waals surface area contributed by atoms with Gasteiger partial charge in [-0.1, -0.05) is 30.3 Å². The van der Waals surface area contributed by atoms with Gasteiger partial charge >= 0.3 is 0 Å². The summed E-state index contributed by atoms with van der Waals surface area (Å²) in [4.78, 5) is 0. The van der Waals surface area contributed by atoms with Crippen LogP contribution in [-0.2, 0) is 5.67 Å². The molecule has 1 aromatic rings. The highest BCUT2D eigenvalue weighted by Gasteiger charge is 2.30. The number of halogens is 1. The second-order valence-corrected chi connectivity index (χ2v) is 2.66. The summed E-state index contributed by atoms with van der Waals surface area (Å²) in [5.74, 6) is 2.16. The van der Waals surface area contributed by atoms with Crippen LogP contribution in [0.15, 0.2) is 30.3 Å². The number of benzene rings is 1. The standard InChI is InChI=1S/C11H8FN/c1-2-8-11(12,9-13)10-6-4-3-5-7-10/h1,3-7H,8H2. The van der Waals surface area contributed by atoms with Gasteiger partial charge in [0, 0.05) is 5.56 Å². The van der Waals surface area contributed by atoms with Crippen molar-refractivity contribution in [3.05, 3.63) is 35.9 Å². The first kappa shape index (κ1) is 9.29. The predicted molar refractivity (Wildman–Crippen MR) is 48.3 cm³/mol. The lowest BCUT2D eigenvalue weighted by Gasteiger charge is -2.13. The molecule has 0 aromatic heterocycles. The summed E-state index contributed by atoms with van der Waals surface area (Å²) in [7, 11) is 0. The molecule has 1 rings (SSSR count). The van der Waals surface area contributed by atoms with Crippen LogP contribution in [0.5, 0.6) is 0 Å². The zero-order valence-electron chi connectivity index (χ0n) is 7.00. The molecule has 1 unspecified atom stereocenters. The van der Waals surface area contributed by atoms with Gasteiger partial charge in [-0.25, -0.2) is 4.39 Å². The van der Waals surface area contributed by atoms with Crippen molar-refractivity contribution in [1.82, 2.24) is 0 Å². The van der Waals surface area contributed by atoms with Crippen LogP contribution in [-0.4, -0.2) is 0 Å². The van der Waals surface area contributed by atoms with Crippen LogP contribution >= 0.6 is 0 Å². The van der Waals surface area contributed by atoms with E-state index in [4.69, 9.17) is 11.7 Å². The van der Waals surface area contributed by atoms with Crippen LogP contribution in [0.1, 0.15) is 12.0 Å². The summed E-state index contributed by atoms with van der Waals surface area (Å²) < 4.78 is 13.7. The van der Waals surface area contributed by atoms with Gasteiger partial charge in [-0.3, -0.25) is 0 Å². The van der Waals surface area contributed by atoms with E-state index in [-0.39, 0.29) is 6.42 Å². The van der Waals surface area contributed by atoms with Gasteiger partial charge in [0.1, 0.15) is 6.07 Å². The fraction of sp³-hybridized carbons (Fsp3) is 0.182. The summed E-state index contributed by atoms with van der Waals surface area (Å²) in [6.45, 7) is 0. The van der Waals surface area contributed by atoms with Crippen LogP contribution in [0.25, 0.3) is 0 Å². The van der Waals surface area contributed by atoms with Crippen molar-refractivity contribution in [2.24, 2.45) is 0 Å². The minimum Gasteiger partial charge on any atom is -0.221 e. The van der Waals surface area contributed by atoms with Crippen molar-refractivity contribution in [3.8, 4) is 18.4 Å². The molecular formula is C11H8FN. The minimum absolute atomic E-state index is 0.215. The van der Waals surface area contributed by atoms with Gasteiger partial charge in [0.25, 0.3) is 0 Å². The summed E-state index contributed by atoms with van der Waals surface area (Å²) in [5, 5.41) is 8.65. The predicted octanol–water partition coefficient (Wildman–Crippen LogP) is 2.40. The van der Waals surface area contributed by atoms with E-state index in [1.807, 2.05) is 0 Å². The van der Waals surface area contributed by atoms with Crippen LogP contribution in [0.3, 0.4) is 0 Å². The van der Waals surface area contributed by atoms with Crippen LogP contribution in [0.2, 0.25) is 0 Å². The fourth-order valence-corrected chi connectivity index (χ4v) is 1.05. The molecular weight excluding hydrogens is 165 g/mol. The Hall–Kier alpha value is -1.80. The normalized spacial score (nSPS) is 13.8. The SMILES string of the molecule is C#CCC(F)(C#N)c1ccccc1. The largest absolute Gasteiger partial charge is 0.231 e. The first-order chi connectivity index (χ1) is 6.23. The molecule has 0 heterocycles. The number of hydrogen-bond donors (Lipinski definition) is 0. The van der Waals surface area contributed by atoms with E-state index in [0.29, 0.717) is 5.56 Å². The van der Waals surface area contributed by atoms with Crippen molar-refractivity contribution >= 4 is 0 Å². The molecule has 0 N–H and O–H groups in total. The maximum atomic E-state index is 13.7. The molecule has 0 bridgehead atoms. The van der Waals surface area contributed by atoms with E-state index < -0.39 is 5.67 Å². The van der Waals surface area contributed by atoms with Gasteiger partial charge in [0.05, 0.1) is 6.42 Å². The highest BCUT2D eigenvalue weighted by molar-refractivity contribution is 5.30. The van der Waals surface area contributed by atoms with E-state index >= 15 is 0 Å². The molecule has 0 spiro atoms. The molecule has 64 valence electrons. The van der Waals surface area contributed by atoms with Crippen LogP contribution in [0, 0.1) is 23.7 Å². The van der Waals surface area contributed by atoms with Crippen LogP contribution < -0.4 is 0 Å². The monoisotopic (exact) mass is 173 g/mol. The molecule has 0 aliphatic rings. The third kappa shape index (κ3) is 1.86. The highest BCUT2D eigenvalue weighted by Crippen LogP contribution is 2.28. The van der Waals surface area contributed by atoms with Gasteiger partial charge in [0.15, 0.2) is 0 Å². The second kappa shape index (κ2) is 3.74. The van der Waals surface area contributed by atoms with Crippen molar-refractivity contribution in [1.29, 1.82) is 5.26 Å². The number of terminal acetylenes is 1. The topological polar surface area (TPSA) is 23.8 Å². The Kier molecular flexibility index (Phi) is 2.67. The van der Waals surface area contributed by atoms with Gasteiger partial charge in [-0.05, 0) is 0 Å². The van der Waals surface area contributed by atoms with E-state index in [2.05, 4.69) is 5.92 Å². The van der Waals surface area contributed by atoms with E-state index in [1.165, 1.54) is 0 Å². The van der Waals surface area contributed by atoms with E-state index in [0.717, 1.165) is 0 Å². The molecule has 0 amide bonds. The minimum atomic E-state index is -2.05. The zero-order chi connectivity index (χ0) is 9.73. The first-order valence-corrected chi connectivity index (χ1v) is 3.82. The van der Waals surface area contributed by atoms with E-state index in [9.17, 15) is 4.39 Å². The molecule has 0 aliphatic heterocycles. The Morgan fingerprint density at radius 3 is 2.46 bits per heavy atom. The van der Waals surface area contributed by atoms with Crippen molar-refractivity contribution in [2.45, 2.75) is 12.1 Å². The first-order valence-electron chi connectivity index (χ1n) is 3.82. The Balaban J connectivity index is 3.07. The third-order valence-corrected chi connectivity index (χ3v) is 1.75. The average molecular weight is 173 g/mol. The third-order valence-electron chi connectivity index (χ3n) is 1.75. The summed E-state index contributed by atoms with van der Waals surface area (Å²) >= 11 is 0. The fourth-order valence-electron chi connectivity index (χ4n) is 1.05. The molecule has 0 fully saturated rings. The lowest BCUT2D eigenvalue weighted by molar-refractivity contribution is 0.252. The van der Waals surface area contributed by atoms with Gasteiger partial charge in [0.2, 0.25) is 5.67 Å².